The molecule has 0 radical (unpaired) electrons. The Balaban J connectivity index is 2.30. The predicted molar refractivity (Wildman–Crippen MR) is 74.5 cm³/mol. The van der Waals surface area contributed by atoms with Gasteiger partial charge in [-0.25, -0.2) is 0 Å². The van der Waals surface area contributed by atoms with E-state index in [0.717, 1.165) is 31.5 Å². The molecule has 2 N–H and O–H groups in total. The number of amides is 1. The van der Waals surface area contributed by atoms with Crippen molar-refractivity contribution < 1.29 is 4.79 Å². The first-order valence-electron chi connectivity index (χ1n) is 6.76. The second kappa shape index (κ2) is 5.53. The molecule has 0 aliphatic carbocycles. The maximum atomic E-state index is 12.5. The Kier molecular flexibility index (Phi) is 4.02. The summed E-state index contributed by atoms with van der Waals surface area (Å²) < 4.78 is 0. The zero-order chi connectivity index (χ0) is 13.1. The Morgan fingerprint density at radius 2 is 2.00 bits per heavy atom. The van der Waals surface area contributed by atoms with Crippen molar-refractivity contribution in [3.05, 3.63) is 29.8 Å². The first-order chi connectivity index (χ1) is 8.61. The van der Waals surface area contributed by atoms with Crippen LogP contribution in [0.15, 0.2) is 24.3 Å². The predicted octanol–water partition coefficient (Wildman–Crippen LogP) is 2.34. The van der Waals surface area contributed by atoms with E-state index in [9.17, 15) is 4.79 Å². The molecular weight excluding hydrogens is 224 g/mol. The average molecular weight is 246 g/mol. The third-order valence-corrected chi connectivity index (χ3v) is 3.80. The van der Waals surface area contributed by atoms with Crippen LogP contribution in [0.25, 0.3) is 0 Å². The van der Waals surface area contributed by atoms with E-state index in [1.54, 1.807) is 0 Å². The molecule has 0 fully saturated rings. The fourth-order valence-electron chi connectivity index (χ4n) is 2.39. The van der Waals surface area contributed by atoms with E-state index in [1.165, 1.54) is 5.56 Å². The van der Waals surface area contributed by atoms with Gasteiger partial charge in [0, 0.05) is 18.3 Å². The van der Waals surface area contributed by atoms with Crippen LogP contribution < -0.4 is 10.6 Å². The Morgan fingerprint density at radius 3 is 2.72 bits per heavy atom. The summed E-state index contributed by atoms with van der Waals surface area (Å²) in [6.07, 6.45) is 3.27. The summed E-state index contributed by atoms with van der Waals surface area (Å²) in [6.45, 7) is 4.62. The summed E-state index contributed by atoms with van der Waals surface area (Å²) >= 11 is 0. The van der Waals surface area contributed by atoms with E-state index in [0.29, 0.717) is 0 Å². The number of nitrogens with zero attached hydrogens (tertiary/aromatic N) is 1. The molecule has 18 heavy (non-hydrogen) atoms. The third kappa shape index (κ3) is 2.56. The van der Waals surface area contributed by atoms with Crippen LogP contribution in [0.2, 0.25) is 0 Å². The molecule has 1 aromatic carbocycles. The molecular formula is C15H22N2O. The topological polar surface area (TPSA) is 46.3 Å². The SMILES string of the molecule is CC(N)C(C)C(=O)N1CCCCc2ccccc21. The minimum atomic E-state index is -0.129. The van der Waals surface area contributed by atoms with Gasteiger partial charge in [-0.1, -0.05) is 25.1 Å². The first-order valence-corrected chi connectivity index (χ1v) is 6.76. The molecule has 0 bridgehead atoms. The highest BCUT2D eigenvalue weighted by Gasteiger charge is 2.26. The normalized spacial score (nSPS) is 18.7. The van der Waals surface area contributed by atoms with Crippen molar-refractivity contribution in [3.8, 4) is 0 Å². The van der Waals surface area contributed by atoms with E-state index in [-0.39, 0.29) is 17.9 Å². The Bertz CT molecular complexity index is 428. The minimum absolute atomic E-state index is 0.104. The van der Waals surface area contributed by atoms with Gasteiger partial charge in [0.1, 0.15) is 0 Å². The summed E-state index contributed by atoms with van der Waals surface area (Å²) in [7, 11) is 0. The lowest BCUT2D eigenvalue weighted by Crippen LogP contribution is -2.42. The summed E-state index contributed by atoms with van der Waals surface area (Å²) in [5.41, 5.74) is 8.21. The van der Waals surface area contributed by atoms with Crippen LogP contribution in [0.3, 0.4) is 0 Å². The number of hydrogen-bond donors (Lipinski definition) is 1. The van der Waals surface area contributed by atoms with Crippen LogP contribution in [-0.4, -0.2) is 18.5 Å². The number of benzene rings is 1. The summed E-state index contributed by atoms with van der Waals surface area (Å²) in [4.78, 5) is 14.4. The highest BCUT2D eigenvalue weighted by atomic mass is 16.2. The molecule has 0 spiro atoms. The zero-order valence-corrected chi connectivity index (χ0v) is 11.2. The number of fused-ring (bicyclic) bond motifs is 1. The maximum Gasteiger partial charge on any atom is 0.231 e. The van der Waals surface area contributed by atoms with Gasteiger partial charge in [-0.15, -0.1) is 0 Å². The molecule has 3 heteroatoms. The molecule has 1 aliphatic rings. The molecule has 1 heterocycles. The van der Waals surface area contributed by atoms with Crippen molar-refractivity contribution in [2.75, 3.05) is 11.4 Å². The number of para-hydroxylation sites is 1. The number of rotatable bonds is 2. The van der Waals surface area contributed by atoms with Gasteiger partial charge in [-0.05, 0) is 37.8 Å². The van der Waals surface area contributed by atoms with Crippen LogP contribution >= 0.6 is 0 Å². The molecule has 3 nitrogen and oxygen atoms in total. The van der Waals surface area contributed by atoms with Gasteiger partial charge in [0.05, 0.1) is 5.92 Å². The number of aryl methyl sites for hydroxylation is 1. The molecule has 2 rings (SSSR count). The Morgan fingerprint density at radius 1 is 1.28 bits per heavy atom. The molecule has 1 aliphatic heterocycles. The Hall–Kier alpha value is -1.35. The number of hydrogen-bond acceptors (Lipinski definition) is 2. The lowest BCUT2D eigenvalue weighted by Gasteiger charge is -2.27. The lowest BCUT2D eigenvalue weighted by molar-refractivity contribution is -0.122. The second-order valence-corrected chi connectivity index (χ2v) is 5.22. The van der Waals surface area contributed by atoms with Crippen molar-refractivity contribution in [1.82, 2.24) is 0 Å². The Labute approximate surface area is 109 Å². The molecule has 0 aromatic heterocycles. The lowest BCUT2D eigenvalue weighted by atomic mass is 10.0. The fraction of sp³-hybridized carbons (Fsp3) is 0.533. The van der Waals surface area contributed by atoms with Gasteiger partial charge in [0.25, 0.3) is 0 Å². The molecule has 2 unspecified atom stereocenters. The monoisotopic (exact) mass is 246 g/mol. The zero-order valence-electron chi connectivity index (χ0n) is 11.2. The van der Waals surface area contributed by atoms with Crippen molar-refractivity contribution in [2.24, 2.45) is 11.7 Å². The molecule has 1 aromatic rings. The molecule has 2 atom stereocenters. The van der Waals surface area contributed by atoms with Crippen molar-refractivity contribution in [2.45, 2.75) is 39.2 Å². The van der Waals surface area contributed by atoms with Gasteiger partial charge in [-0.2, -0.15) is 0 Å². The highest BCUT2D eigenvalue weighted by molar-refractivity contribution is 5.96. The molecule has 0 saturated carbocycles. The second-order valence-electron chi connectivity index (χ2n) is 5.22. The van der Waals surface area contributed by atoms with E-state index < -0.39 is 0 Å². The average Bonchev–Trinajstić information content (AvgIpc) is 2.59. The summed E-state index contributed by atoms with van der Waals surface area (Å²) in [5, 5.41) is 0. The van der Waals surface area contributed by atoms with E-state index in [2.05, 4.69) is 6.07 Å². The third-order valence-electron chi connectivity index (χ3n) is 3.80. The first kappa shape index (κ1) is 13.1. The standard InChI is InChI=1S/C15H22N2O/c1-11(12(2)16)15(18)17-10-6-5-8-13-7-3-4-9-14(13)17/h3-4,7,9,11-12H,5-6,8,10,16H2,1-2H3. The minimum Gasteiger partial charge on any atom is -0.327 e. The van der Waals surface area contributed by atoms with E-state index >= 15 is 0 Å². The van der Waals surface area contributed by atoms with Gasteiger partial charge >= 0.3 is 0 Å². The number of anilines is 1. The molecule has 0 saturated heterocycles. The smallest absolute Gasteiger partial charge is 0.231 e. The van der Waals surface area contributed by atoms with E-state index in [1.807, 2.05) is 36.9 Å². The number of nitrogens with two attached hydrogens (primary N) is 1. The van der Waals surface area contributed by atoms with Gasteiger partial charge in [-0.3, -0.25) is 4.79 Å². The summed E-state index contributed by atoms with van der Waals surface area (Å²) in [6, 6.07) is 8.11. The van der Waals surface area contributed by atoms with Crippen molar-refractivity contribution in [3.63, 3.8) is 0 Å². The largest absolute Gasteiger partial charge is 0.327 e. The number of carbonyl (C=O) groups excluding carboxylic acids is 1. The van der Waals surface area contributed by atoms with Crippen LogP contribution in [0, 0.1) is 5.92 Å². The van der Waals surface area contributed by atoms with Crippen molar-refractivity contribution in [1.29, 1.82) is 0 Å². The van der Waals surface area contributed by atoms with Gasteiger partial charge < -0.3 is 10.6 Å². The fourth-order valence-corrected chi connectivity index (χ4v) is 2.39. The quantitative estimate of drug-likeness (QED) is 0.870. The van der Waals surface area contributed by atoms with Crippen LogP contribution in [0.4, 0.5) is 5.69 Å². The van der Waals surface area contributed by atoms with E-state index in [4.69, 9.17) is 5.73 Å². The highest BCUT2D eigenvalue weighted by Crippen LogP contribution is 2.27. The maximum absolute atomic E-state index is 12.5. The van der Waals surface area contributed by atoms with Crippen LogP contribution in [0.1, 0.15) is 32.3 Å². The number of carbonyl (C=O) groups is 1. The van der Waals surface area contributed by atoms with Crippen LogP contribution in [-0.2, 0) is 11.2 Å². The van der Waals surface area contributed by atoms with Crippen LogP contribution in [0.5, 0.6) is 0 Å². The van der Waals surface area contributed by atoms with Gasteiger partial charge in [0.2, 0.25) is 5.91 Å². The van der Waals surface area contributed by atoms with Gasteiger partial charge in [0.15, 0.2) is 0 Å². The van der Waals surface area contributed by atoms with Crippen molar-refractivity contribution >= 4 is 11.6 Å². The molecule has 98 valence electrons. The summed E-state index contributed by atoms with van der Waals surface area (Å²) in [5.74, 6) is 0.0236. The molecule has 1 amide bonds.